The fourth-order valence-corrected chi connectivity index (χ4v) is 5.84. The van der Waals surface area contributed by atoms with Crippen molar-refractivity contribution in [1.29, 1.82) is 0 Å². The quantitative estimate of drug-likeness (QED) is 0.185. The smallest absolute Gasteiger partial charge is 0.294 e. The van der Waals surface area contributed by atoms with Crippen LogP contribution in [0, 0.1) is 0 Å². The summed E-state index contributed by atoms with van der Waals surface area (Å²) in [6.45, 7) is 2.17. The first-order valence-corrected chi connectivity index (χ1v) is 14.7. The molecule has 0 radical (unpaired) electrons. The molecule has 1 N–H and O–H groups in total. The number of anilines is 1. The second kappa shape index (κ2) is 12.8. The van der Waals surface area contributed by atoms with Crippen LogP contribution in [-0.4, -0.2) is 35.1 Å². The number of para-hydroxylation sites is 1. The average molecular weight is 652 g/mol. The van der Waals surface area contributed by atoms with Gasteiger partial charge in [-0.2, -0.15) is 0 Å². The van der Waals surface area contributed by atoms with E-state index >= 15 is 0 Å². The van der Waals surface area contributed by atoms with E-state index in [9.17, 15) is 14.4 Å². The fourth-order valence-electron chi connectivity index (χ4n) is 4.24. The summed E-state index contributed by atoms with van der Waals surface area (Å²) in [4.78, 5) is 39.3. The number of carbonyl (C=O) groups excluding carboxylic acids is 3. The third kappa shape index (κ3) is 6.75. The number of halogens is 2. The van der Waals surface area contributed by atoms with Gasteiger partial charge in [-0.3, -0.25) is 19.3 Å². The number of rotatable bonds is 9. The van der Waals surface area contributed by atoms with E-state index in [1.54, 1.807) is 42.5 Å². The van der Waals surface area contributed by atoms with Crippen molar-refractivity contribution in [2.24, 2.45) is 0 Å². The summed E-state index contributed by atoms with van der Waals surface area (Å²) < 4.78 is 12.6. The van der Waals surface area contributed by atoms with Crippen LogP contribution in [0.4, 0.5) is 10.5 Å². The molecule has 0 aliphatic carbocycles. The van der Waals surface area contributed by atoms with Crippen molar-refractivity contribution in [3.63, 3.8) is 0 Å². The van der Waals surface area contributed by atoms with Crippen molar-refractivity contribution in [2.45, 2.75) is 13.5 Å². The number of imide groups is 1. The number of thioether (sulfide) groups is 1. The van der Waals surface area contributed by atoms with Gasteiger partial charge in [0.05, 0.1) is 26.7 Å². The Morgan fingerprint density at radius 3 is 2.54 bits per heavy atom. The molecule has 5 rings (SSSR count). The van der Waals surface area contributed by atoms with Crippen LogP contribution in [0.5, 0.6) is 11.5 Å². The Morgan fingerprint density at radius 1 is 1.00 bits per heavy atom. The molecule has 4 aromatic carbocycles. The molecule has 1 saturated heterocycles. The van der Waals surface area contributed by atoms with E-state index in [1.807, 2.05) is 25.1 Å². The molecule has 10 heteroatoms. The maximum absolute atomic E-state index is 13.0. The molecule has 7 nitrogen and oxygen atoms in total. The van der Waals surface area contributed by atoms with E-state index in [2.05, 4.69) is 45.5 Å². The number of ether oxygens (including phenoxy) is 2. The average Bonchev–Trinajstić information content (AvgIpc) is 3.21. The number of carbonyl (C=O) groups is 3. The molecule has 1 aliphatic rings. The van der Waals surface area contributed by atoms with Crippen molar-refractivity contribution in [1.82, 2.24) is 4.90 Å². The first kappa shape index (κ1) is 28.7. The fraction of sp³-hybridized carbons (Fsp3) is 0.129. The van der Waals surface area contributed by atoms with Crippen LogP contribution in [0.15, 0.2) is 88.2 Å². The van der Waals surface area contributed by atoms with Gasteiger partial charge in [0.15, 0.2) is 11.5 Å². The molecule has 208 valence electrons. The number of benzene rings is 4. The number of amides is 3. The van der Waals surface area contributed by atoms with Gasteiger partial charge in [0, 0.05) is 0 Å². The molecule has 0 atom stereocenters. The third-order valence-corrected chi connectivity index (χ3v) is 7.98. The monoisotopic (exact) mass is 650 g/mol. The van der Waals surface area contributed by atoms with E-state index < -0.39 is 23.6 Å². The van der Waals surface area contributed by atoms with Gasteiger partial charge in [-0.25, -0.2) is 0 Å². The Kier molecular flexibility index (Phi) is 8.97. The highest BCUT2D eigenvalue weighted by Crippen LogP contribution is 2.40. The lowest BCUT2D eigenvalue weighted by Gasteiger charge is -2.15. The zero-order valence-electron chi connectivity index (χ0n) is 21.9. The number of fused-ring (bicyclic) bond motifs is 1. The predicted octanol–water partition coefficient (Wildman–Crippen LogP) is 7.91. The number of hydrogen-bond donors (Lipinski definition) is 1. The second-order valence-corrected chi connectivity index (χ2v) is 11.3. The standard InChI is InChI=1S/C31H24BrClN2O5S/c1-2-39-26-15-20(14-23(32)29(26)40-18-19-11-12-21-7-3-4-8-22(21)13-19)16-27-30(37)35(31(38)41-27)17-28(36)34-25-10-6-5-9-24(25)33/h3-16H,2,17-18H2,1H3,(H,34,36)/b27-16+. The number of hydrogen-bond acceptors (Lipinski definition) is 6. The predicted molar refractivity (Wildman–Crippen MR) is 166 cm³/mol. The van der Waals surface area contributed by atoms with Crippen molar-refractivity contribution < 1.29 is 23.9 Å². The molecule has 3 amide bonds. The summed E-state index contributed by atoms with van der Waals surface area (Å²) in [6.07, 6.45) is 1.59. The number of nitrogens with one attached hydrogen (secondary N) is 1. The molecular formula is C31H24BrClN2O5S. The first-order valence-electron chi connectivity index (χ1n) is 12.7. The maximum atomic E-state index is 13.0. The largest absolute Gasteiger partial charge is 0.490 e. The minimum absolute atomic E-state index is 0.194. The molecule has 41 heavy (non-hydrogen) atoms. The van der Waals surface area contributed by atoms with Gasteiger partial charge in [0.2, 0.25) is 5.91 Å². The van der Waals surface area contributed by atoms with Gasteiger partial charge in [-0.05, 0) is 92.9 Å². The van der Waals surface area contributed by atoms with Crippen molar-refractivity contribution in [3.8, 4) is 11.5 Å². The molecule has 1 aliphatic heterocycles. The Labute approximate surface area is 254 Å². The molecule has 1 fully saturated rings. The Morgan fingerprint density at radius 2 is 1.76 bits per heavy atom. The van der Waals surface area contributed by atoms with E-state index in [1.165, 1.54) is 0 Å². The van der Waals surface area contributed by atoms with Gasteiger partial charge in [0.1, 0.15) is 13.2 Å². The van der Waals surface area contributed by atoms with Gasteiger partial charge in [-0.15, -0.1) is 0 Å². The van der Waals surface area contributed by atoms with Crippen LogP contribution in [-0.2, 0) is 16.2 Å². The van der Waals surface area contributed by atoms with E-state index in [4.69, 9.17) is 21.1 Å². The lowest BCUT2D eigenvalue weighted by molar-refractivity contribution is -0.127. The normalized spacial score (nSPS) is 14.1. The van der Waals surface area contributed by atoms with Gasteiger partial charge in [0.25, 0.3) is 11.1 Å². The highest BCUT2D eigenvalue weighted by atomic mass is 79.9. The molecule has 0 unspecified atom stereocenters. The molecule has 0 aromatic heterocycles. The zero-order valence-corrected chi connectivity index (χ0v) is 25.0. The summed E-state index contributed by atoms with van der Waals surface area (Å²) in [5.41, 5.74) is 2.04. The molecule has 1 heterocycles. The van der Waals surface area contributed by atoms with E-state index in [-0.39, 0.29) is 4.91 Å². The minimum atomic E-state index is -0.556. The van der Waals surface area contributed by atoms with Crippen LogP contribution >= 0.6 is 39.3 Å². The van der Waals surface area contributed by atoms with Crippen molar-refractivity contribution >= 4 is 78.9 Å². The third-order valence-electron chi connectivity index (χ3n) is 6.15. The maximum Gasteiger partial charge on any atom is 0.294 e. The lowest BCUT2D eigenvalue weighted by Crippen LogP contribution is -2.36. The first-order chi connectivity index (χ1) is 19.8. The molecule has 0 spiro atoms. The SMILES string of the molecule is CCOc1cc(/C=C2/SC(=O)N(CC(=O)Nc3ccccc3Cl)C2=O)cc(Br)c1OCc1ccc2ccccc2c1. The Balaban J connectivity index is 1.31. The second-order valence-electron chi connectivity index (χ2n) is 9.03. The summed E-state index contributed by atoms with van der Waals surface area (Å²) in [5, 5.41) is 4.74. The van der Waals surface area contributed by atoms with Crippen LogP contribution in [0.2, 0.25) is 5.02 Å². The van der Waals surface area contributed by atoms with Crippen LogP contribution < -0.4 is 14.8 Å². The lowest BCUT2D eigenvalue weighted by atomic mass is 10.1. The van der Waals surface area contributed by atoms with Crippen LogP contribution in [0.1, 0.15) is 18.1 Å². The molecule has 4 aromatic rings. The summed E-state index contributed by atoms with van der Waals surface area (Å²) >= 11 is 10.4. The molecular weight excluding hydrogens is 628 g/mol. The van der Waals surface area contributed by atoms with Gasteiger partial charge in [-0.1, -0.05) is 60.1 Å². The molecule has 0 saturated carbocycles. The highest BCUT2D eigenvalue weighted by molar-refractivity contribution is 9.10. The van der Waals surface area contributed by atoms with E-state index in [0.717, 1.165) is 33.0 Å². The van der Waals surface area contributed by atoms with Crippen LogP contribution in [0.3, 0.4) is 0 Å². The summed E-state index contributed by atoms with van der Waals surface area (Å²) in [5.74, 6) is -0.0651. The summed E-state index contributed by atoms with van der Waals surface area (Å²) in [7, 11) is 0. The summed E-state index contributed by atoms with van der Waals surface area (Å²) in [6, 6.07) is 24.6. The minimum Gasteiger partial charge on any atom is -0.490 e. The zero-order chi connectivity index (χ0) is 28.9. The Hall–Kier alpha value is -3.79. The van der Waals surface area contributed by atoms with Gasteiger partial charge >= 0.3 is 0 Å². The van der Waals surface area contributed by atoms with Gasteiger partial charge < -0.3 is 14.8 Å². The topological polar surface area (TPSA) is 84.9 Å². The van der Waals surface area contributed by atoms with Crippen molar-refractivity contribution in [3.05, 3.63) is 104 Å². The number of nitrogens with zero attached hydrogens (tertiary/aromatic N) is 1. The van der Waals surface area contributed by atoms with E-state index in [0.29, 0.717) is 45.5 Å². The van der Waals surface area contributed by atoms with Crippen LogP contribution in [0.25, 0.3) is 16.8 Å². The van der Waals surface area contributed by atoms with Crippen molar-refractivity contribution in [2.75, 3.05) is 18.5 Å². The Bertz CT molecular complexity index is 1690. The molecule has 0 bridgehead atoms. The highest BCUT2D eigenvalue weighted by Gasteiger charge is 2.36.